The number of hydrogen-bond donors (Lipinski definition) is 2. The number of anilines is 1. The highest BCUT2D eigenvalue weighted by atomic mass is 19.1. The molecule has 0 bridgehead atoms. The molecule has 2 aromatic carbocycles. The van der Waals surface area contributed by atoms with Gasteiger partial charge in [0.2, 0.25) is 5.96 Å². The Labute approximate surface area is 182 Å². The molecule has 1 aromatic heterocycles. The van der Waals surface area contributed by atoms with Crippen LogP contribution in [0.5, 0.6) is 0 Å². The molecule has 31 heavy (non-hydrogen) atoms. The zero-order chi connectivity index (χ0) is 22.5. The van der Waals surface area contributed by atoms with Gasteiger partial charge in [0.05, 0.1) is 5.69 Å². The lowest BCUT2D eigenvalue weighted by Crippen LogP contribution is -2.36. The summed E-state index contributed by atoms with van der Waals surface area (Å²) < 4.78 is 15.8. The first-order valence-electron chi connectivity index (χ1n) is 10.2. The molecule has 0 aliphatic carbocycles. The largest absolute Gasteiger partial charge is 0.326 e. The number of aromatic nitrogens is 2. The fourth-order valence-corrected chi connectivity index (χ4v) is 3.26. The zero-order valence-electron chi connectivity index (χ0n) is 18.6. The minimum atomic E-state index is -0.425. The van der Waals surface area contributed by atoms with E-state index in [2.05, 4.69) is 20.7 Å². The number of nitrogens with zero attached hydrogens (tertiary/aromatic N) is 3. The third-order valence-corrected chi connectivity index (χ3v) is 5.27. The van der Waals surface area contributed by atoms with Crippen LogP contribution in [0.1, 0.15) is 38.4 Å². The van der Waals surface area contributed by atoms with Crippen molar-refractivity contribution in [3.8, 4) is 0 Å². The SMILES string of the molecule is Cc1ccc(NC(=NCCc2c(C)nn(C)c2C)NC(=O)c2ccc(C)c(F)c2)cc1. The summed E-state index contributed by atoms with van der Waals surface area (Å²) >= 11 is 0. The van der Waals surface area contributed by atoms with Gasteiger partial charge in [-0.3, -0.25) is 19.8 Å². The van der Waals surface area contributed by atoms with E-state index in [-0.39, 0.29) is 5.56 Å². The molecule has 0 saturated heterocycles. The first kappa shape index (κ1) is 22.2. The molecule has 6 nitrogen and oxygen atoms in total. The molecule has 3 aromatic rings. The summed E-state index contributed by atoms with van der Waals surface area (Å²) in [4.78, 5) is 17.3. The fraction of sp³-hybridized carbons (Fsp3) is 0.292. The normalized spacial score (nSPS) is 11.5. The van der Waals surface area contributed by atoms with Crippen molar-refractivity contribution in [1.29, 1.82) is 0 Å². The predicted octanol–water partition coefficient (Wildman–Crippen LogP) is 4.23. The summed E-state index contributed by atoms with van der Waals surface area (Å²) in [5.41, 5.74) is 5.88. The number of rotatable bonds is 5. The maximum atomic E-state index is 13.9. The monoisotopic (exact) mass is 421 g/mol. The van der Waals surface area contributed by atoms with Gasteiger partial charge in [-0.1, -0.05) is 23.8 Å². The Morgan fingerprint density at radius 1 is 1.10 bits per heavy atom. The summed E-state index contributed by atoms with van der Waals surface area (Å²) in [6.07, 6.45) is 0.694. The molecule has 162 valence electrons. The summed E-state index contributed by atoms with van der Waals surface area (Å²) in [7, 11) is 1.92. The summed E-state index contributed by atoms with van der Waals surface area (Å²) in [5.74, 6) is -0.528. The van der Waals surface area contributed by atoms with E-state index in [0.29, 0.717) is 24.5 Å². The topological polar surface area (TPSA) is 71.3 Å². The quantitative estimate of drug-likeness (QED) is 0.478. The second-order valence-corrected chi connectivity index (χ2v) is 7.66. The minimum Gasteiger partial charge on any atom is -0.326 e. The summed E-state index contributed by atoms with van der Waals surface area (Å²) in [6.45, 7) is 8.13. The average molecular weight is 422 g/mol. The number of benzene rings is 2. The van der Waals surface area contributed by atoms with Crippen LogP contribution >= 0.6 is 0 Å². The predicted molar refractivity (Wildman–Crippen MR) is 122 cm³/mol. The Kier molecular flexibility index (Phi) is 6.84. The molecule has 0 aliphatic rings. The van der Waals surface area contributed by atoms with E-state index in [1.54, 1.807) is 19.1 Å². The van der Waals surface area contributed by atoms with Gasteiger partial charge in [-0.2, -0.15) is 5.10 Å². The standard InChI is InChI=1S/C24H28FN5O/c1-15-6-10-20(11-7-15)27-24(26-13-12-21-17(3)29-30(5)18(21)4)28-23(31)19-9-8-16(2)22(25)14-19/h6-11,14H,12-13H2,1-5H3,(H2,26,27,28,31). The molecule has 0 spiro atoms. The number of hydrogen-bond acceptors (Lipinski definition) is 3. The summed E-state index contributed by atoms with van der Waals surface area (Å²) in [6, 6.07) is 12.2. The lowest BCUT2D eigenvalue weighted by Gasteiger charge is -2.12. The van der Waals surface area contributed by atoms with E-state index < -0.39 is 11.7 Å². The zero-order valence-corrected chi connectivity index (χ0v) is 18.6. The Morgan fingerprint density at radius 3 is 2.42 bits per heavy atom. The lowest BCUT2D eigenvalue weighted by atomic mass is 10.1. The van der Waals surface area contributed by atoms with Gasteiger partial charge in [0.25, 0.3) is 5.91 Å². The van der Waals surface area contributed by atoms with Gasteiger partial charge in [0.1, 0.15) is 5.82 Å². The molecule has 1 heterocycles. The second-order valence-electron chi connectivity index (χ2n) is 7.66. The van der Waals surface area contributed by atoms with Crippen LogP contribution in [0.15, 0.2) is 47.5 Å². The Bertz CT molecular complexity index is 1120. The first-order valence-corrected chi connectivity index (χ1v) is 10.2. The number of aliphatic imine (C=N–C) groups is 1. The molecule has 7 heteroatoms. The van der Waals surface area contributed by atoms with Crippen molar-refractivity contribution in [3.63, 3.8) is 0 Å². The van der Waals surface area contributed by atoms with Crippen LogP contribution in [0.2, 0.25) is 0 Å². The third kappa shape index (κ3) is 5.57. The van der Waals surface area contributed by atoms with Crippen molar-refractivity contribution in [3.05, 3.63) is 81.9 Å². The van der Waals surface area contributed by atoms with Crippen LogP contribution in [0.25, 0.3) is 0 Å². The number of nitrogens with one attached hydrogen (secondary N) is 2. The van der Waals surface area contributed by atoms with Crippen LogP contribution in [0.3, 0.4) is 0 Å². The Morgan fingerprint density at radius 2 is 1.81 bits per heavy atom. The average Bonchev–Trinajstić information content (AvgIpc) is 2.97. The van der Waals surface area contributed by atoms with E-state index in [9.17, 15) is 9.18 Å². The molecule has 0 aliphatic heterocycles. The molecular weight excluding hydrogens is 393 g/mol. The van der Waals surface area contributed by atoms with Crippen LogP contribution in [0, 0.1) is 33.5 Å². The van der Waals surface area contributed by atoms with Crippen molar-refractivity contribution < 1.29 is 9.18 Å². The van der Waals surface area contributed by atoms with Crippen molar-refractivity contribution in [2.45, 2.75) is 34.1 Å². The smallest absolute Gasteiger partial charge is 0.258 e. The Balaban J connectivity index is 1.79. The van der Waals surface area contributed by atoms with E-state index in [1.165, 1.54) is 6.07 Å². The molecule has 3 rings (SSSR count). The van der Waals surface area contributed by atoms with Gasteiger partial charge in [-0.25, -0.2) is 4.39 Å². The van der Waals surface area contributed by atoms with E-state index in [4.69, 9.17) is 0 Å². The second kappa shape index (κ2) is 9.55. The van der Waals surface area contributed by atoms with Crippen molar-refractivity contribution in [2.24, 2.45) is 12.0 Å². The van der Waals surface area contributed by atoms with Gasteiger partial charge >= 0.3 is 0 Å². The highest BCUT2D eigenvalue weighted by molar-refractivity contribution is 6.10. The molecular formula is C24H28FN5O. The summed E-state index contributed by atoms with van der Waals surface area (Å²) in [5, 5.41) is 10.4. The molecule has 0 fully saturated rings. The maximum Gasteiger partial charge on any atom is 0.258 e. The van der Waals surface area contributed by atoms with E-state index in [0.717, 1.165) is 28.2 Å². The molecule has 0 atom stereocenters. The first-order chi connectivity index (χ1) is 14.7. The molecule has 0 saturated carbocycles. The van der Waals surface area contributed by atoms with Gasteiger partial charge in [0.15, 0.2) is 0 Å². The molecule has 2 N–H and O–H groups in total. The fourth-order valence-electron chi connectivity index (χ4n) is 3.26. The molecule has 0 unspecified atom stereocenters. The number of aryl methyl sites for hydroxylation is 4. The van der Waals surface area contributed by atoms with Gasteiger partial charge in [-0.15, -0.1) is 0 Å². The number of halogens is 1. The minimum absolute atomic E-state index is 0.237. The van der Waals surface area contributed by atoms with Crippen LogP contribution in [-0.4, -0.2) is 28.2 Å². The van der Waals surface area contributed by atoms with Crippen molar-refractivity contribution in [2.75, 3.05) is 11.9 Å². The highest BCUT2D eigenvalue weighted by Crippen LogP contribution is 2.13. The van der Waals surface area contributed by atoms with Crippen LogP contribution in [0.4, 0.5) is 10.1 Å². The van der Waals surface area contributed by atoms with Crippen molar-refractivity contribution >= 4 is 17.6 Å². The molecule has 1 amide bonds. The lowest BCUT2D eigenvalue weighted by molar-refractivity contribution is 0.0976. The molecule has 0 radical (unpaired) electrons. The Hall–Kier alpha value is -3.48. The van der Waals surface area contributed by atoms with Gasteiger partial charge in [-0.05, 0) is 69.5 Å². The number of carbonyl (C=O) groups excluding carboxylic acids is 1. The number of carbonyl (C=O) groups is 1. The number of guanidine groups is 1. The van der Waals surface area contributed by atoms with Gasteiger partial charge < -0.3 is 5.32 Å². The van der Waals surface area contributed by atoms with Crippen LogP contribution < -0.4 is 10.6 Å². The van der Waals surface area contributed by atoms with Crippen molar-refractivity contribution in [1.82, 2.24) is 15.1 Å². The number of amides is 1. The third-order valence-electron chi connectivity index (χ3n) is 5.27. The van der Waals surface area contributed by atoms with Gasteiger partial charge in [0, 0.05) is 30.5 Å². The van der Waals surface area contributed by atoms with E-state index >= 15 is 0 Å². The van der Waals surface area contributed by atoms with E-state index in [1.807, 2.05) is 56.8 Å². The maximum absolute atomic E-state index is 13.9. The highest BCUT2D eigenvalue weighted by Gasteiger charge is 2.13. The van der Waals surface area contributed by atoms with Crippen LogP contribution in [-0.2, 0) is 13.5 Å².